The van der Waals surface area contributed by atoms with Crippen molar-refractivity contribution >= 4 is 151 Å². The normalized spacial score (nSPS) is 12.8. The van der Waals surface area contributed by atoms with Crippen molar-refractivity contribution < 1.29 is 0 Å². The van der Waals surface area contributed by atoms with Crippen LogP contribution in [0.25, 0.3) is 259 Å². The van der Waals surface area contributed by atoms with Gasteiger partial charge in [0, 0.05) is 142 Å². The average molecular weight is 1910 g/mol. The molecule has 0 N–H and O–H groups in total. The van der Waals surface area contributed by atoms with E-state index in [1.807, 2.05) is 48.0 Å². The van der Waals surface area contributed by atoms with E-state index in [1.54, 1.807) is 0 Å². The van der Waals surface area contributed by atoms with Crippen LogP contribution < -0.4 is 0 Å². The molecular weight excluding hydrogens is 1820 g/mol. The largest absolute Gasteiger partial charge is 0.309 e. The van der Waals surface area contributed by atoms with Crippen LogP contribution >= 0.6 is 11.3 Å². The van der Waals surface area contributed by atoms with Crippen LogP contribution in [0.15, 0.2) is 480 Å². The molecule has 0 bridgehead atoms. The Morgan fingerprint density at radius 2 is 0.655 bits per heavy atom. The Kier molecular flexibility index (Phi) is 19.7. The molecule has 0 atom stereocenters. The molecule has 12 heteroatoms. The number of aromatic nitrogens is 11. The first kappa shape index (κ1) is 85.9. The summed E-state index contributed by atoms with van der Waals surface area (Å²) in [6, 6.07) is 167. The maximum Gasteiger partial charge on any atom is 0.235 e. The van der Waals surface area contributed by atoms with Crippen molar-refractivity contribution in [1.82, 2.24) is 52.7 Å². The summed E-state index contributed by atoms with van der Waals surface area (Å²) in [6.07, 6.45) is 3.78. The highest BCUT2D eigenvalue weighted by Gasteiger charge is 2.40. The molecule has 2 aliphatic rings. The fourth-order valence-corrected chi connectivity index (χ4v) is 25.4. The zero-order valence-electron chi connectivity index (χ0n) is 81.4. The molecule has 31 rings (SSSR count). The van der Waals surface area contributed by atoms with Crippen LogP contribution in [0.3, 0.4) is 0 Å². The second-order valence-corrected chi connectivity index (χ2v) is 41.0. The topological polar surface area (TPSA) is 102 Å². The molecule has 20 aromatic carbocycles. The highest BCUT2D eigenvalue weighted by molar-refractivity contribution is 7.26. The molecule has 0 unspecified atom stereocenters. The smallest absolute Gasteiger partial charge is 0.235 e. The lowest BCUT2D eigenvalue weighted by molar-refractivity contribution is 0.661. The first-order valence-corrected chi connectivity index (χ1v) is 51.4. The quantitative estimate of drug-likeness (QED) is 0.128. The monoisotopic (exact) mass is 1910 g/mol. The van der Waals surface area contributed by atoms with Gasteiger partial charge in [0.05, 0.1) is 77.8 Å². The minimum atomic E-state index is -0.133. The summed E-state index contributed by atoms with van der Waals surface area (Å²) in [5, 5.41) is 16.0. The van der Waals surface area contributed by atoms with Gasteiger partial charge in [0.2, 0.25) is 11.9 Å². The Labute approximate surface area is 856 Å². The average Bonchev–Trinajstić information content (AvgIpc) is 1.48. The Morgan fingerprint density at radius 1 is 0.223 bits per heavy atom. The molecule has 2 aliphatic carbocycles. The maximum absolute atomic E-state index is 5.28. The molecule has 0 aliphatic heterocycles. The molecule has 148 heavy (non-hydrogen) atoms. The lowest BCUT2D eigenvalue weighted by Crippen LogP contribution is -2.16. The third-order valence-corrected chi connectivity index (χ3v) is 32.2. The van der Waals surface area contributed by atoms with E-state index in [2.05, 4.69) is 493 Å². The lowest BCUT2D eigenvalue weighted by Gasteiger charge is -2.23. The molecule has 0 fully saturated rings. The number of hydrogen-bond acceptors (Lipinski definition) is 7. The lowest BCUT2D eigenvalue weighted by atomic mass is 9.81. The molecule has 0 spiro atoms. The number of rotatable bonds is 11. The zero-order valence-corrected chi connectivity index (χ0v) is 82.3. The molecule has 0 saturated heterocycles. The molecule has 696 valence electrons. The van der Waals surface area contributed by atoms with E-state index in [0.29, 0.717) is 11.9 Å². The molecule has 0 saturated carbocycles. The van der Waals surface area contributed by atoms with Gasteiger partial charge in [-0.1, -0.05) is 355 Å². The van der Waals surface area contributed by atoms with Gasteiger partial charge in [-0.3, -0.25) is 9.13 Å². The van der Waals surface area contributed by atoms with Crippen LogP contribution in [0.5, 0.6) is 0 Å². The molecule has 9 heterocycles. The van der Waals surface area contributed by atoms with Crippen LogP contribution in [-0.4, -0.2) is 52.7 Å². The van der Waals surface area contributed by atoms with Gasteiger partial charge in [0.25, 0.3) is 0 Å². The molecule has 11 nitrogen and oxygen atoms in total. The Bertz CT molecular complexity index is 10400. The first-order valence-electron chi connectivity index (χ1n) is 50.6. The minimum absolute atomic E-state index is 0.0998. The van der Waals surface area contributed by atoms with Crippen molar-refractivity contribution in [1.29, 1.82) is 0 Å². The van der Waals surface area contributed by atoms with Gasteiger partial charge in [-0.25, -0.2) is 29.9 Å². The molecule has 9 aromatic heterocycles. The van der Waals surface area contributed by atoms with E-state index in [-0.39, 0.29) is 10.8 Å². The van der Waals surface area contributed by atoms with E-state index in [9.17, 15) is 0 Å². The van der Waals surface area contributed by atoms with Crippen molar-refractivity contribution in [2.24, 2.45) is 0 Å². The summed E-state index contributed by atoms with van der Waals surface area (Å²) in [5.41, 5.74) is 38.1. The number of benzene rings is 20. The van der Waals surface area contributed by atoms with Gasteiger partial charge in [0.1, 0.15) is 0 Å². The number of para-hydroxylation sites is 7. The first-order chi connectivity index (χ1) is 72.9. The highest BCUT2D eigenvalue weighted by atomic mass is 32.1. The van der Waals surface area contributed by atoms with Crippen LogP contribution in [0.1, 0.15) is 49.9 Å². The van der Waals surface area contributed by atoms with Crippen LogP contribution in [-0.2, 0) is 10.8 Å². The Hall–Kier alpha value is -18.9. The van der Waals surface area contributed by atoms with Crippen molar-refractivity contribution in [2.75, 3.05) is 0 Å². The van der Waals surface area contributed by atoms with Gasteiger partial charge >= 0.3 is 0 Å². The van der Waals surface area contributed by atoms with Crippen molar-refractivity contribution in [3.05, 3.63) is 502 Å². The maximum atomic E-state index is 5.28. The minimum Gasteiger partial charge on any atom is -0.309 e. The number of hydrogen-bond donors (Lipinski definition) is 0. The summed E-state index contributed by atoms with van der Waals surface area (Å²) >= 11 is 1.86. The second-order valence-electron chi connectivity index (χ2n) is 39.9. The van der Waals surface area contributed by atoms with E-state index in [0.717, 1.165) is 95.2 Å². The van der Waals surface area contributed by atoms with E-state index in [4.69, 9.17) is 29.9 Å². The summed E-state index contributed by atoms with van der Waals surface area (Å²) in [6.45, 7) is 9.40. The standard InChI is InChI=1S/C47H33N3.C46H28N4S.C43H30N4/c1-47(2)40-17-9-6-14-35(40)37-28-29-38-36-15-8-11-19-42(36)50(45(38)43(37)47)34-26-24-33(25-27-34)46-48-41-18-10-7-16-39(41)44(49-46)32-22-20-31(21-23-32)30-12-4-3-5-13-30;1-2-11-29(12-3-1)30-21-23-41-37(28-30)44-42(24-22-36-35-17-6-9-20-43(35)51-45(36)44)50(41)46-47-26-25-38(48-46)31-13-10-14-32(27-31)49-39-18-7-4-15-33(39)34-16-5-8-19-40(34)49;1-43(2)35-18-7-3-14-29(35)33-25-34-32-17-6-10-21-40(32)47(41(34)26-36(33)43)42-44-23-22-37(45-42)27-12-11-13-28(24-27)46-38-19-8-4-15-30(38)31-16-5-9-20-39(31)46/h3-29H,1-2H3;1-28H;3-26H,1-2H3. The van der Waals surface area contributed by atoms with E-state index >= 15 is 0 Å². The SMILES string of the molecule is CC1(C)c2ccccc2-c2cc3c4ccccc4n(-c4nccc(-c5cccc(-n6c7ccccc7c7ccccc76)c5)n4)c3cc21.CC1(C)c2ccccc2-c2ccc3c4ccccc4n(-c4ccc(-c5nc(-c6ccc(-c7ccccc7)cc6)c6ccccc6n5)cc4)c3c21.c1ccc(-c2ccc3c(c2)c2c4sc5ccccc5c4ccc2n3-c2nccc(-c3cccc(-n4c5ccccc5c5ccccc54)c3)n2)cc1. The van der Waals surface area contributed by atoms with Gasteiger partial charge in [-0.2, -0.15) is 0 Å². The van der Waals surface area contributed by atoms with E-state index in [1.165, 1.54) is 174 Å². The molecular formula is C136H91N11S. The highest BCUT2D eigenvalue weighted by Crippen LogP contribution is 2.56. The van der Waals surface area contributed by atoms with Gasteiger partial charge in [-0.15, -0.1) is 11.3 Å². The van der Waals surface area contributed by atoms with Crippen LogP contribution in [0.2, 0.25) is 0 Å². The molecule has 0 amide bonds. The summed E-state index contributed by atoms with van der Waals surface area (Å²) in [5.74, 6) is 2.05. The molecule has 29 aromatic rings. The number of thiophene rings is 1. The third kappa shape index (κ3) is 13.6. The number of fused-ring (bicyclic) bond motifs is 27. The summed E-state index contributed by atoms with van der Waals surface area (Å²) in [7, 11) is 0. The Morgan fingerprint density at radius 3 is 1.25 bits per heavy atom. The van der Waals surface area contributed by atoms with Gasteiger partial charge < -0.3 is 13.7 Å². The van der Waals surface area contributed by atoms with E-state index < -0.39 is 0 Å². The fraction of sp³-hybridized carbons (Fsp3) is 0.0441. The number of nitrogens with zero attached hydrogens (tertiary/aromatic N) is 11. The van der Waals surface area contributed by atoms with Crippen molar-refractivity contribution in [3.63, 3.8) is 0 Å². The predicted molar refractivity (Wildman–Crippen MR) is 616 cm³/mol. The Balaban J connectivity index is 0.000000105. The van der Waals surface area contributed by atoms with Crippen molar-refractivity contribution in [3.8, 4) is 119 Å². The van der Waals surface area contributed by atoms with Gasteiger partial charge in [0.15, 0.2) is 5.82 Å². The summed E-state index contributed by atoms with van der Waals surface area (Å²) in [4.78, 5) is 30.6. The van der Waals surface area contributed by atoms with Gasteiger partial charge in [-0.05, 0) is 206 Å². The predicted octanol–water partition coefficient (Wildman–Crippen LogP) is 35.1. The van der Waals surface area contributed by atoms with Crippen molar-refractivity contribution in [2.45, 2.75) is 38.5 Å². The zero-order chi connectivity index (χ0) is 98.1. The summed E-state index contributed by atoms with van der Waals surface area (Å²) < 4.78 is 14.2. The van der Waals surface area contributed by atoms with Crippen LogP contribution in [0.4, 0.5) is 0 Å². The third-order valence-electron chi connectivity index (χ3n) is 31.0. The van der Waals surface area contributed by atoms with Crippen LogP contribution in [0, 0.1) is 0 Å². The molecule has 0 radical (unpaired) electrons. The fourth-order valence-electron chi connectivity index (χ4n) is 24.2. The second kappa shape index (κ2) is 33.9.